The van der Waals surface area contributed by atoms with Crippen molar-refractivity contribution in [2.45, 2.75) is 0 Å². The highest BCUT2D eigenvalue weighted by atomic mass is 19.1. The maximum Gasteiger partial charge on any atom is 0.200 e. The molecule has 0 amide bonds. The fraction of sp³-hybridized carbons (Fsp3) is 0.167. The van der Waals surface area contributed by atoms with Gasteiger partial charge in [-0.05, 0) is 18.2 Å². The Morgan fingerprint density at radius 1 is 1.47 bits per heavy atom. The predicted molar refractivity (Wildman–Crippen MR) is 59.6 cm³/mol. The number of benzene rings is 1. The average molecular weight is 234 g/mol. The van der Waals surface area contributed by atoms with E-state index in [9.17, 15) is 9.18 Å². The van der Waals surface area contributed by atoms with E-state index in [2.05, 4.69) is 5.10 Å². The van der Waals surface area contributed by atoms with Gasteiger partial charge in [0, 0.05) is 13.2 Å². The standard InChI is InChI=1S/C12H11FN2O2/c1-15-7-8(6-14-15)12(16)10-5-9(13)3-4-11(10)17-2/h3-7H,1-2H3. The van der Waals surface area contributed by atoms with Crippen LogP contribution in [0.15, 0.2) is 30.6 Å². The SMILES string of the molecule is COc1ccc(F)cc1C(=O)c1cnn(C)c1. The number of aromatic nitrogens is 2. The molecule has 0 N–H and O–H groups in total. The van der Waals surface area contributed by atoms with E-state index in [0.717, 1.165) is 6.07 Å². The summed E-state index contributed by atoms with van der Waals surface area (Å²) < 4.78 is 19.7. The number of hydrogen-bond donors (Lipinski definition) is 0. The monoisotopic (exact) mass is 234 g/mol. The van der Waals surface area contributed by atoms with E-state index in [4.69, 9.17) is 4.74 Å². The van der Waals surface area contributed by atoms with Crippen molar-refractivity contribution in [2.24, 2.45) is 7.05 Å². The van der Waals surface area contributed by atoms with E-state index in [-0.39, 0.29) is 11.3 Å². The molecule has 2 aromatic rings. The third-order valence-electron chi connectivity index (χ3n) is 2.37. The van der Waals surface area contributed by atoms with E-state index >= 15 is 0 Å². The molecule has 0 aliphatic heterocycles. The quantitative estimate of drug-likeness (QED) is 0.760. The van der Waals surface area contributed by atoms with Crippen molar-refractivity contribution in [3.8, 4) is 5.75 Å². The summed E-state index contributed by atoms with van der Waals surface area (Å²) in [5.74, 6) is -0.437. The van der Waals surface area contributed by atoms with Gasteiger partial charge in [-0.1, -0.05) is 0 Å². The molecule has 0 atom stereocenters. The maximum atomic E-state index is 13.1. The highest BCUT2D eigenvalue weighted by molar-refractivity contribution is 6.10. The van der Waals surface area contributed by atoms with Crippen molar-refractivity contribution in [2.75, 3.05) is 7.11 Å². The molecule has 88 valence electrons. The summed E-state index contributed by atoms with van der Waals surface area (Å²) in [4.78, 5) is 12.1. The Bertz CT molecular complexity index is 563. The number of aryl methyl sites for hydroxylation is 1. The van der Waals surface area contributed by atoms with Gasteiger partial charge in [-0.2, -0.15) is 5.10 Å². The van der Waals surface area contributed by atoms with E-state index < -0.39 is 5.82 Å². The van der Waals surface area contributed by atoms with Crippen LogP contribution in [0, 0.1) is 5.82 Å². The Kier molecular flexibility index (Phi) is 2.91. The fourth-order valence-corrected chi connectivity index (χ4v) is 1.55. The molecule has 0 radical (unpaired) electrons. The molecule has 4 nitrogen and oxygen atoms in total. The second kappa shape index (κ2) is 4.37. The highest BCUT2D eigenvalue weighted by Gasteiger charge is 2.16. The van der Waals surface area contributed by atoms with Crippen LogP contribution in [0.3, 0.4) is 0 Å². The van der Waals surface area contributed by atoms with Gasteiger partial charge in [0.2, 0.25) is 0 Å². The largest absolute Gasteiger partial charge is 0.496 e. The number of carbonyl (C=O) groups is 1. The van der Waals surface area contributed by atoms with E-state index in [0.29, 0.717) is 11.3 Å². The summed E-state index contributed by atoms with van der Waals surface area (Å²) in [6, 6.07) is 3.84. The Balaban J connectivity index is 2.46. The van der Waals surface area contributed by atoms with Crippen LogP contribution in [0.5, 0.6) is 5.75 Å². The Labute approximate surface area is 97.6 Å². The summed E-state index contributed by atoms with van der Waals surface area (Å²) in [7, 11) is 3.15. The van der Waals surface area contributed by atoms with Gasteiger partial charge in [-0.3, -0.25) is 9.48 Å². The smallest absolute Gasteiger partial charge is 0.200 e. The third-order valence-corrected chi connectivity index (χ3v) is 2.37. The lowest BCUT2D eigenvalue weighted by atomic mass is 10.1. The molecular weight excluding hydrogens is 223 g/mol. The second-order valence-corrected chi connectivity index (χ2v) is 3.58. The zero-order valence-corrected chi connectivity index (χ0v) is 9.48. The minimum absolute atomic E-state index is 0.195. The molecule has 0 saturated heterocycles. The van der Waals surface area contributed by atoms with Crippen molar-refractivity contribution < 1.29 is 13.9 Å². The van der Waals surface area contributed by atoms with Gasteiger partial charge in [-0.25, -0.2) is 4.39 Å². The Hall–Kier alpha value is -2.17. The van der Waals surface area contributed by atoms with Gasteiger partial charge in [0.15, 0.2) is 5.78 Å². The van der Waals surface area contributed by atoms with Crippen LogP contribution < -0.4 is 4.74 Å². The van der Waals surface area contributed by atoms with Crippen molar-refractivity contribution in [1.82, 2.24) is 9.78 Å². The molecule has 0 spiro atoms. The first-order chi connectivity index (χ1) is 8.11. The Morgan fingerprint density at radius 2 is 2.24 bits per heavy atom. The molecule has 1 aromatic carbocycles. The number of rotatable bonds is 3. The Morgan fingerprint density at radius 3 is 2.82 bits per heavy atom. The summed E-state index contributed by atoms with van der Waals surface area (Å²) in [5, 5.41) is 3.90. The van der Waals surface area contributed by atoms with Gasteiger partial charge in [0.1, 0.15) is 11.6 Å². The molecule has 2 rings (SSSR count). The molecule has 0 aliphatic rings. The van der Waals surface area contributed by atoms with Crippen LogP contribution in [0.1, 0.15) is 15.9 Å². The number of carbonyl (C=O) groups excluding carboxylic acids is 1. The molecule has 0 unspecified atom stereocenters. The minimum atomic E-state index is -0.474. The molecule has 0 aliphatic carbocycles. The van der Waals surface area contributed by atoms with Crippen LogP contribution in [-0.4, -0.2) is 22.7 Å². The van der Waals surface area contributed by atoms with Crippen LogP contribution in [0.2, 0.25) is 0 Å². The first kappa shape index (κ1) is 11.3. The molecule has 1 heterocycles. The molecule has 0 bridgehead atoms. The van der Waals surface area contributed by atoms with Crippen molar-refractivity contribution in [1.29, 1.82) is 0 Å². The van der Waals surface area contributed by atoms with Gasteiger partial charge >= 0.3 is 0 Å². The van der Waals surface area contributed by atoms with Gasteiger partial charge < -0.3 is 4.74 Å². The lowest BCUT2D eigenvalue weighted by Gasteiger charge is -2.06. The number of halogens is 1. The minimum Gasteiger partial charge on any atom is -0.496 e. The van der Waals surface area contributed by atoms with Crippen LogP contribution in [0.4, 0.5) is 4.39 Å². The number of methoxy groups -OCH3 is 1. The normalized spacial score (nSPS) is 10.3. The molecular formula is C12H11FN2O2. The molecule has 1 aromatic heterocycles. The zero-order valence-electron chi connectivity index (χ0n) is 9.48. The lowest BCUT2D eigenvalue weighted by molar-refractivity contribution is 0.103. The second-order valence-electron chi connectivity index (χ2n) is 3.58. The fourth-order valence-electron chi connectivity index (χ4n) is 1.55. The summed E-state index contributed by atoms with van der Waals surface area (Å²) in [5.41, 5.74) is 0.594. The summed E-state index contributed by atoms with van der Waals surface area (Å²) in [6.07, 6.45) is 3.01. The predicted octanol–water partition coefficient (Wildman–Crippen LogP) is 1.80. The van der Waals surface area contributed by atoms with Crippen molar-refractivity contribution in [3.05, 3.63) is 47.5 Å². The summed E-state index contributed by atoms with van der Waals surface area (Å²) in [6.45, 7) is 0. The molecule has 17 heavy (non-hydrogen) atoms. The van der Waals surface area contributed by atoms with Gasteiger partial charge in [0.05, 0.1) is 24.4 Å². The van der Waals surface area contributed by atoms with Crippen LogP contribution >= 0.6 is 0 Å². The zero-order chi connectivity index (χ0) is 12.4. The van der Waals surface area contributed by atoms with Crippen LogP contribution in [-0.2, 0) is 7.05 Å². The third kappa shape index (κ3) is 2.18. The number of nitrogens with zero attached hydrogens (tertiary/aromatic N) is 2. The number of hydrogen-bond acceptors (Lipinski definition) is 3. The van der Waals surface area contributed by atoms with Crippen molar-refractivity contribution in [3.63, 3.8) is 0 Å². The first-order valence-corrected chi connectivity index (χ1v) is 4.98. The van der Waals surface area contributed by atoms with Crippen LogP contribution in [0.25, 0.3) is 0 Å². The van der Waals surface area contributed by atoms with E-state index in [1.165, 1.54) is 30.1 Å². The molecule has 5 heteroatoms. The van der Waals surface area contributed by atoms with Gasteiger partial charge in [-0.15, -0.1) is 0 Å². The highest BCUT2D eigenvalue weighted by Crippen LogP contribution is 2.22. The number of ketones is 1. The molecule has 0 saturated carbocycles. The van der Waals surface area contributed by atoms with Gasteiger partial charge in [0.25, 0.3) is 0 Å². The lowest BCUT2D eigenvalue weighted by Crippen LogP contribution is -2.03. The van der Waals surface area contributed by atoms with E-state index in [1.807, 2.05) is 0 Å². The maximum absolute atomic E-state index is 13.1. The first-order valence-electron chi connectivity index (χ1n) is 4.98. The molecule has 0 fully saturated rings. The van der Waals surface area contributed by atoms with Crippen molar-refractivity contribution >= 4 is 5.78 Å². The average Bonchev–Trinajstić information content (AvgIpc) is 2.75. The van der Waals surface area contributed by atoms with E-state index in [1.54, 1.807) is 13.2 Å². The number of ether oxygens (including phenoxy) is 1. The topological polar surface area (TPSA) is 44.1 Å². The summed E-state index contributed by atoms with van der Waals surface area (Å²) >= 11 is 0.